The van der Waals surface area contributed by atoms with Gasteiger partial charge in [-0.2, -0.15) is 0 Å². The minimum atomic E-state index is -0.528. The van der Waals surface area contributed by atoms with Crippen molar-refractivity contribution in [2.45, 2.75) is 45.6 Å². The molecular formula is C16H22N2O2. The van der Waals surface area contributed by atoms with Crippen molar-refractivity contribution in [1.29, 1.82) is 0 Å². The van der Waals surface area contributed by atoms with Crippen LogP contribution >= 0.6 is 0 Å². The van der Waals surface area contributed by atoms with E-state index >= 15 is 0 Å². The van der Waals surface area contributed by atoms with Crippen molar-refractivity contribution < 1.29 is 9.59 Å². The van der Waals surface area contributed by atoms with Gasteiger partial charge in [0.05, 0.1) is 0 Å². The highest BCUT2D eigenvalue weighted by molar-refractivity contribution is 6.39. The van der Waals surface area contributed by atoms with Gasteiger partial charge in [-0.1, -0.05) is 25.1 Å². The second-order valence-corrected chi connectivity index (χ2v) is 5.31. The molecule has 4 nitrogen and oxygen atoms in total. The van der Waals surface area contributed by atoms with Gasteiger partial charge in [0, 0.05) is 18.3 Å². The lowest BCUT2D eigenvalue weighted by molar-refractivity contribution is -0.145. The Morgan fingerprint density at radius 1 is 1.30 bits per heavy atom. The van der Waals surface area contributed by atoms with Gasteiger partial charge in [0.25, 0.3) is 0 Å². The Hall–Kier alpha value is -1.84. The third-order valence-electron chi connectivity index (χ3n) is 3.90. The van der Waals surface area contributed by atoms with Crippen LogP contribution in [0.2, 0.25) is 0 Å². The van der Waals surface area contributed by atoms with Crippen LogP contribution in [0.3, 0.4) is 0 Å². The average Bonchev–Trinajstić information content (AvgIpc) is 2.47. The van der Waals surface area contributed by atoms with Crippen LogP contribution in [0.25, 0.3) is 0 Å². The first-order chi connectivity index (χ1) is 9.63. The van der Waals surface area contributed by atoms with Gasteiger partial charge in [-0.25, -0.2) is 0 Å². The molecule has 20 heavy (non-hydrogen) atoms. The Bertz CT molecular complexity index is 499. The smallest absolute Gasteiger partial charge is 0.313 e. The summed E-state index contributed by atoms with van der Waals surface area (Å²) in [5.41, 5.74) is 1.78. The molecule has 1 unspecified atom stereocenters. The topological polar surface area (TPSA) is 49.4 Å². The summed E-state index contributed by atoms with van der Waals surface area (Å²) < 4.78 is 0. The summed E-state index contributed by atoms with van der Waals surface area (Å²) in [7, 11) is 0. The first-order valence-electron chi connectivity index (χ1n) is 7.33. The second kappa shape index (κ2) is 6.55. The lowest BCUT2D eigenvalue weighted by atomic mass is 10.0. The van der Waals surface area contributed by atoms with Crippen LogP contribution in [0.5, 0.6) is 0 Å². The maximum Gasteiger partial charge on any atom is 0.313 e. The van der Waals surface area contributed by atoms with E-state index in [0.717, 1.165) is 36.9 Å². The fraction of sp³-hybridized carbons (Fsp3) is 0.500. The van der Waals surface area contributed by atoms with E-state index in [1.807, 2.05) is 38.1 Å². The molecule has 1 atom stereocenters. The number of carbonyl (C=O) groups excluding carboxylic acids is 2. The quantitative estimate of drug-likeness (QED) is 0.843. The maximum absolute atomic E-state index is 12.2. The molecule has 2 rings (SSSR count). The Balaban J connectivity index is 2.05. The molecule has 2 amide bonds. The fourth-order valence-corrected chi connectivity index (χ4v) is 2.66. The third-order valence-corrected chi connectivity index (χ3v) is 3.90. The van der Waals surface area contributed by atoms with E-state index in [2.05, 4.69) is 5.32 Å². The van der Waals surface area contributed by atoms with Crippen LogP contribution in [0.4, 0.5) is 5.69 Å². The highest BCUT2D eigenvalue weighted by Gasteiger charge is 2.28. The molecule has 0 spiro atoms. The van der Waals surface area contributed by atoms with E-state index in [4.69, 9.17) is 0 Å². The van der Waals surface area contributed by atoms with Gasteiger partial charge in [-0.05, 0) is 44.2 Å². The van der Waals surface area contributed by atoms with Gasteiger partial charge in [-0.3, -0.25) is 9.59 Å². The van der Waals surface area contributed by atoms with Crippen LogP contribution in [-0.4, -0.2) is 29.3 Å². The molecule has 4 heteroatoms. The molecule has 1 heterocycles. The molecule has 0 radical (unpaired) electrons. The molecule has 0 saturated carbocycles. The Labute approximate surface area is 120 Å². The number of amides is 2. The molecule has 1 N–H and O–H groups in total. The SMILES string of the molecule is CCc1ccccc1NC(=O)C(=O)N1CCCCC1C. The molecule has 1 aromatic rings. The number of nitrogens with one attached hydrogen (secondary N) is 1. The first-order valence-corrected chi connectivity index (χ1v) is 7.33. The van der Waals surface area contributed by atoms with Crippen molar-refractivity contribution in [3.05, 3.63) is 29.8 Å². The molecule has 0 aromatic heterocycles. The number of benzene rings is 1. The summed E-state index contributed by atoms with van der Waals surface area (Å²) in [6, 6.07) is 7.75. The monoisotopic (exact) mass is 274 g/mol. The van der Waals surface area contributed by atoms with Crippen molar-refractivity contribution in [3.8, 4) is 0 Å². The van der Waals surface area contributed by atoms with Crippen LogP contribution in [0.1, 0.15) is 38.7 Å². The van der Waals surface area contributed by atoms with E-state index in [9.17, 15) is 9.59 Å². The lowest BCUT2D eigenvalue weighted by Crippen LogP contribution is -2.47. The summed E-state index contributed by atoms with van der Waals surface area (Å²) in [6.07, 6.45) is 3.91. The second-order valence-electron chi connectivity index (χ2n) is 5.31. The minimum absolute atomic E-state index is 0.156. The van der Waals surface area contributed by atoms with Gasteiger partial charge in [0.2, 0.25) is 0 Å². The van der Waals surface area contributed by atoms with Crippen LogP contribution in [0.15, 0.2) is 24.3 Å². The Kier molecular flexibility index (Phi) is 4.77. The highest BCUT2D eigenvalue weighted by atomic mass is 16.2. The summed E-state index contributed by atoms with van der Waals surface area (Å²) >= 11 is 0. The van der Waals surface area contributed by atoms with Crippen LogP contribution in [0, 0.1) is 0 Å². The van der Waals surface area contributed by atoms with Gasteiger partial charge in [0.15, 0.2) is 0 Å². The number of nitrogens with zero attached hydrogens (tertiary/aromatic N) is 1. The van der Waals surface area contributed by atoms with Crippen molar-refractivity contribution in [2.24, 2.45) is 0 Å². The molecule has 1 saturated heterocycles. The number of likely N-dealkylation sites (tertiary alicyclic amines) is 1. The number of para-hydroxylation sites is 1. The Morgan fingerprint density at radius 2 is 2.05 bits per heavy atom. The van der Waals surface area contributed by atoms with Crippen molar-refractivity contribution in [3.63, 3.8) is 0 Å². The number of hydrogen-bond donors (Lipinski definition) is 1. The largest absolute Gasteiger partial charge is 0.332 e. The third kappa shape index (κ3) is 3.18. The summed E-state index contributed by atoms with van der Waals surface area (Å²) in [5.74, 6) is -0.942. The summed E-state index contributed by atoms with van der Waals surface area (Å²) in [4.78, 5) is 26.0. The molecule has 108 valence electrons. The number of rotatable bonds is 2. The minimum Gasteiger partial charge on any atom is -0.332 e. The molecule has 1 fully saturated rings. The number of carbonyl (C=O) groups is 2. The summed E-state index contributed by atoms with van der Waals surface area (Å²) in [5, 5.41) is 2.75. The molecule has 0 bridgehead atoms. The van der Waals surface area contributed by atoms with E-state index < -0.39 is 11.8 Å². The van der Waals surface area contributed by atoms with E-state index in [-0.39, 0.29) is 6.04 Å². The number of aryl methyl sites for hydroxylation is 1. The van der Waals surface area contributed by atoms with Crippen LogP contribution < -0.4 is 5.32 Å². The fourth-order valence-electron chi connectivity index (χ4n) is 2.66. The molecule has 1 aromatic carbocycles. The van der Waals surface area contributed by atoms with Gasteiger partial charge in [-0.15, -0.1) is 0 Å². The van der Waals surface area contributed by atoms with Crippen molar-refractivity contribution in [1.82, 2.24) is 4.90 Å². The van der Waals surface area contributed by atoms with Gasteiger partial charge >= 0.3 is 11.8 Å². The van der Waals surface area contributed by atoms with E-state index in [1.54, 1.807) is 4.90 Å². The predicted octanol–water partition coefficient (Wildman–Crippen LogP) is 2.59. The normalized spacial score (nSPS) is 18.7. The molecule has 0 aliphatic carbocycles. The zero-order valence-electron chi connectivity index (χ0n) is 12.2. The van der Waals surface area contributed by atoms with Crippen LogP contribution in [-0.2, 0) is 16.0 Å². The lowest BCUT2D eigenvalue weighted by Gasteiger charge is -2.32. The zero-order chi connectivity index (χ0) is 14.5. The number of anilines is 1. The maximum atomic E-state index is 12.2. The number of hydrogen-bond acceptors (Lipinski definition) is 2. The molecular weight excluding hydrogens is 252 g/mol. The predicted molar refractivity (Wildman–Crippen MR) is 79.5 cm³/mol. The standard InChI is InChI=1S/C16H22N2O2/c1-3-13-9-4-5-10-14(13)17-15(19)16(20)18-11-7-6-8-12(18)2/h4-5,9-10,12H,3,6-8,11H2,1-2H3,(H,17,19). The van der Waals surface area contributed by atoms with Crippen molar-refractivity contribution in [2.75, 3.05) is 11.9 Å². The molecule has 1 aliphatic rings. The number of piperidine rings is 1. The van der Waals surface area contributed by atoms with E-state index in [0.29, 0.717) is 6.54 Å². The van der Waals surface area contributed by atoms with Crippen molar-refractivity contribution >= 4 is 17.5 Å². The zero-order valence-corrected chi connectivity index (χ0v) is 12.2. The van der Waals surface area contributed by atoms with Gasteiger partial charge in [0.1, 0.15) is 0 Å². The summed E-state index contributed by atoms with van der Waals surface area (Å²) in [6.45, 7) is 4.71. The van der Waals surface area contributed by atoms with E-state index in [1.165, 1.54) is 0 Å². The highest BCUT2D eigenvalue weighted by Crippen LogP contribution is 2.18. The van der Waals surface area contributed by atoms with Gasteiger partial charge < -0.3 is 10.2 Å². The first kappa shape index (κ1) is 14.6. The average molecular weight is 274 g/mol. The Morgan fingerprint density at radius 3 is 2.75 bits per heavy atom. The molecule has 1 aliphatic heterocycles.